The molecule has 0 fully saturated rings. The predicted molar refractivity (Wildman–Crippen MR) is 73.6 cm³/mol. The minimum absolute atomic E-state index is 0.00905. The van der Waals surface area contributed by atoms with Crippen molar-refractivity contribution in [3.8, 4) is 0 Å². The van der Waals surface area contributed by atoms with Crippen molar-refractivity contribution < 1.29 is 4.79 Å². The van der Waals surface area contributed by atoms with E-state index in [1.807, 2.05) is 38.1 Å². The molecule has 2 atom stereocenters. The summed E-state index contributed by atoms with van der Waals surface area (Å²) in [6.45, 7) is 3.95. The lowest BCUT2D eigenvalue weighted by Gasteiger charge is -2.16. The van der Waals surface area contributed by atoms with Gasteiger partial charge in [-0.1, -0.05) is 35.0 Å². The minimum atomic E-state index is -0.0490. The molecule has 1 aromatic rings. The maximum atomic E-state index is 11.7. The average Bonchev–Trinajstić information content (AvgIpc) is 2.29. The average molecular weight is 299 g/mol. The van der Waals surface area contributed by atoms with E-state index in [4.69, 9.17) is 5.73 Å². The van der Waals surface area contributed by atoms with Crippen LogP contribution >= 0.6 is 15.9 Å². The Labute approximate surface area is 111 Å². The Bertz CT molecular complexity index is 364. The number of nitrogens with one attached hydrogen (secondary N) is 1. The molecule has 0 aliphatic carbocycles. The van der Waals surface area contributed by atoms with E-state index in [-0.39, 0.29) is 18.0 Å². The molecule has 3 N–H and O–H groups in total. The first-order valence-electron chi connectivity index (χ1n) is 5.83. The molecule has 17 heavy (non-hydrogen) atoms. The summed E-state index contributed by atoms with van der Waals surface area (Å²) in [5.74, 6) is 0.00905. The Morgan fingerprint density at radius 3 is 2.53 bits per heavy atom. The fourth-order valence-electron chi connectivity index (χ4n) is 1.52. The molecule has 0 saturated carbocycles. The van der Waals surface area contributed by atoms with Gasteiger partial charge in [0.1, 0.15) is 0 Å². The Morgan fingerprint density at radius 1 is 1.41 bits per heavy atom. The van der Waals surface area contributed by atoms with E-state index in [2.05, 4.69) is 21.2 Å². The van der Waals surface area contributed by atoms with E-state index < -0.39 is 0 Å². The predicted octanol–water partition coefficient (Wildman–Crippen LogP) is 2.75. The summed E-state index contributed by atoms with van der Waals surface area (Å²) in [7, 11) is 0. The first-order valence-corrected chi connectivity index (χ1v) is 6.62. The zero-order valence-electron chi connectivity index (χ0n) is 10.2. The first-order chi connectivity index (χ1) is 8.02. The van der Waals surface area contributed by atoms with E-state index in [1.54, 1.807) is 0 Å². The van der Waals surface area contributed by atoms with Crippen LogP contribution in [0.1, 0.15) is 38.3 Å². The van der Waals surface area contributed by atoms with Crippen molar-refractivity contribution in [2.24, 2.45) is 5.73 Å². The lowest BCUT2D eigenvalue weighted by atomic mass is 10.1. The molecule has 4 heteroatoms. The van der Waals surface area contributed by atoms with E-state index in [1.165, 1.54) is 0 Å². The number of nitrogens with two attached hydrogens (primary N) is 1. The SMILES string of the molecule is CCC(N)CC(=O)N[C@H](C)c1ccc(Br)cc1. The van der Waals surface area contributed by atoms with E-state index in [0.29, 0.717) is 6.42 Å². The maximum absolute atomic E-state index is 11.7. The number of carbonyl (C=O) groups excluding carboxylic acids is 1. The van der Waals surface area contributed by atoms with Crippen molar-refractivity contribution >= 4 is 21.8 Å². The van der Waals surface area contributed by atoms with Crippen molar-refractivity contribution in [3.05, 3.63) is 34.3 Å². The molecule has 0 aliphatic rings. The standard InChI is InChI=1S/C13H19BrN2O/c1-3-12(15)8-13(17)16-9(2)10-4-6-11(14)7-5-10/h4-7,9,12H,3,8,15H2,1-2H3,(H,16,17)/t9-,12?/m1/s1. The Hall–Kier alpha value is -0.870. The molecular formula is C13H19BrN2O. The van der Waals surface area contributed by atoms with Crippen molar-refractivity contribution in [2.75, 3.05) is 0 Å². The number of hydrogen-bond donors (Lipinski definition) is 2. The topological polar surface area (TPSA) is 55.1 Å². The Balaban J connectivity index is 2.51. The number of carbonyl (C=O) groups is 1. The van der Waals surface area contributed by atoms with Crippen LogP contribution in [0.3, 0.4) is 0 Å². The monoisotopic (exact) mass is 298 g/mol. The number of hydrogen-bond acceptors (Lipinski definition) is 2. The zero-order chi connectivity index (χ0) is 12.8. The normalized spacial score (nSPS) is 14.1. The second kappa shape index (κ2) is 6.77. The summed E-state index contributed by atoms with van der Waals surface area (Å²) in [6, 6.07) is 7.89. The molecule has 0 spiro atoms. The molecule has 1 amide bonds. The third kappa shape index (κ3) is 4.88. The largest absolute Gasteiger partial charge is 0.350 e. The summed E-state index contributed by atoms with van der Waals surface area (Å²) in [5, 5.41) is 2.95. The molecule has 3 nitrogen and oxygen atoms in total. The van der Waals surface area contributed by atoms with Crippen molar-refractivity contribution in [1.82, 2.24) is 5.32 Å². The van der Waals surface area contributed by atoms with Crippen molar-refractivity contribution in [3.63, 3.8) is 0 Å². The summed E-state index contributed by atoms with van der Waals surface area (Å²) < 4.78 is 1.03. The lowest BCUT2D eigenvalue weighted by Crippen LogP contribution is -2.32. The van der Waals surface area contributed by atoms with Gasteiger partial charge in [-0.25, -0.2) is 0 Å². The third-order valence-corrected chi connectivity index (χ3v) is 3.25. The summed E-state index contributed by atoms with van der Waals surface area (Å²) in [6.07, 6.45) is 1.21. The molecule has 0 saturated heterocycles. The van der Waals surface area contributed by atoms with Gasteiger partial charge in [0, 0.05) is 16.9 Å². The van der Waals surface area contributed by atoms with Gasteiger partial charge < -0.3 is 11.1 Å². The quantitative estimate of drug-likeness (QED) is 0.878. The number of rotatable bonds is 5. The fourth-order valence-corrected chi connectivity index (χ4v) is 1.78. The van der Waals surface area contributed by atoms with Crippen LogP contribution in [0.25, 0.3) is 0 Å². The van der Waals surface area contributed by atoms with Crippen molar-refractivity contribution in [2.45, 2.75) is 38.8 Å². The van der Waals surface area contributed by atoms with Crippen LogP contribution in [0, 0.1) is 0 Å². The van der Waals surface area contributed by atoms with Gasteiger partial charge in [-0.2, -0.15) is 0 Å². The highest BCUT2D eigenvalue weighted by Gasteiger charge is 2.11. The van der Waals surface area contributed by atoms with E-state index in [9.17, 15) is 4.79 Å². The van der Waals surface area contributed by atoms with Crippen LogP contribution in [0.4, 0.5) is 0 Å². The molecule has 0 heterocycles. The summed E-state index contributed by atoms with van der Waals surface area (Å²) in [5.41, 5.74) is 6.83. The van der Waals surface area contributed by atoms with Crippen LogP contribution in [0.15, 0.2) is 28.7 Å². The first kappa shape index (κ1) is 14.2. The van der Waals surface area contributed by atoms with Crippen LogP contribution in [0.2, 0.25) is 0 Å². The van der Waals surface area contributed by atoms with Crippen LogP contribution in [-0.4, -0.2) is 11.9 Å². The van der Waals surface area contributed by atoms with Gasteiger partial charge in [-0.15, -0.1) is 0 Å². The van der Waals surface area contributed by atoms with Gasteiger partial charge in [0.05, 0.1) is 6.04 Å². The molecule has 1 unspecified atom stereocenters. The smallest absolute Gasteiger partial charge is 0.222 e. The second-order valence-corrected chi connectivity index (χ2v) is 5.13. The van der Waals surface area contributed by atoms with Gasteiger partial charge in [-0.3, -0.25) is 4.79 Å². The molecule has 0 bridgehead atoms. The molecule has 0 aliphatic heterocycles. The maximum Gasteiger partial charge on any atom is 0.222 e. The molecule has 0 aromatic heterocycles. The Kier molecular flexibility index (Phi) is 5.65. The number of benzene rings is 1. The molecule has 1 rings (SSSR count). The molecule has 0 radical (unpaired) electrons. The van der Waals surface area contributed by atoms with E-state index >= 15 is 0 Å². The molecule has 1 aromatic carbocycles. The van der Waals surface area contributed by atoms with Crippen LogP contribution < -0.4 is 11.1 Å². The highest BCUT2D eigenvalue weighted by molar-refractivity contribution is 9.10. The molecule has 94 valence electrons. The second-order valence-electron chi connectivity index (χ2n) is 4.21. The highest BCUT2D eigenvalue weighted by atomic mass is 79.9. The molecular weight excluding hydrogens is 280 g/mol. The fraction of sp³-hybridized carbons (Fsp3) is 0.462. The third-order valence-electron chi connectivity index (χ3n) is 2.72. The van der Waals surface area contributed by atoms with Crippen LogP contribution in [-0.2, 0) is 4.79 Å². The van der Waals surface area contributed by atoms with Gasteiger partial charge in [0.2, 0.25) is 5.91 Å². The lowest BCUT2D eigenvalue weighted by molar-refractivity contribution is -0.122. The highest BCUT2D eigenvalue weighted by Crippen LogP contribution is 2.16. The van der Waals surface area contributed by atoms with Gasteiger partial charge in [0.25, 0.3) is 0 Å². The minimum Gasteiger partial charge on any atom is -0.350 e. The Morgan fingerprint density at radius 2 is 2.00 bits per heavy atom. The van der Waals surface area contributed by atoms with Gasteiger partial charge >= 0.3 is 0 Å². The van der Waals surface area contributed by atoms with Crippen molar-refractivity contribution in [1.29, 1.82) is 0 Å². The summed E-state index contributed by atoms with van der Waals surface area (Å²) in [4.78, 5) is 11.7. The number of amides is 1. The van der Waals surface area contributed by atoms with Crippen LogP contribution in [0.5, 0.6) is 0 Å². The van der Waals surface area contributed by atoms with Gasteiger partial charge in [-0.05, 0) is 31.0 Å². The van der Waals surface area contributed by atoms with E-state index in [0.717, 1.165) is 16.5 Å². The zero-order valence-corrected chi connectivity index (χ0v) is 11.8. The summed E-state index contributed by atoms with van der Waals surface area (Å²) >= 11 is 3.38. The van der Waals surface area contributed by atoms with Gasteiger partial charge in [0.15, 0.2) is 0 Å². The number of halogens is 1.